The second-order valence-electron chi connectivity index (χ2n) is 3.14. The van der Waals surface area contributed by atoms with Gasteiger partial charge in [-0.3, -0.25) is 4.21 Å². The molecule has 1 rings (SSSR count). The fourth-order valence-electron chi connectivity index (χ4n) is 1.19. The Morgan fingerprint density at radius 3 is 2.64 bits per heavy atom. The zero-order valence-corrected chi connectivity index (χ0v) is 8.06. The third-order valence-electron chi connectivity index (χ3n) is 1.67. The van der Waals surface area contributed by atoms with Crippen molar-refractivity contribution in [3.63, 3.8) is 0 Å². The van der Waals surface area contributed by atoms with Gasteiger partial charge in [0.2, 0.25) is 0 Å². The smallest absolute Gasteiger partial charge is 0.130 e. The van der Waals surface area contributed by atoms with Gasteiger partial charge in [-0.1, -0.05) is 0 Å². The van der Waals surface area contributed by atoms with Gasteiger partial charge in [0.05, 0.1) is 22.7 Å². The van der Waals surface area contributed by atoms with Crippen LogP contribution < -0.4 is 0 Å². The maximum absolute atomic E-state index is 11.1. The molecule has 3 unspecified atom stereocenters. The van der Waals surface area contributed by atoms with Crippen LogP contribution in [0.15, 0.2) is 0 Å². The predicted octanol–water partition coefficient (Wildman–Crippen LogP) is 0.0415. The first-order valence-corrected chi connectivity index (χ1v) is 5.15. The van der Waals surface area contributed by atoms with Crippen molar-refractivity contribution in [3.05, 3.63) is 0 Å². The molecule has 1 aliphatic rings. The number of hydrogen-bond acceptors (Lipinski definition) is 3. The Bertz CT molecular complexity index is 161. The van der Waals surface area contributed by atoms with Crippen LogP contribution in [0.3, 0.4) is 0 Å². The zero-order valence-electron chi connectivity index (χ0n) is 7.24. The Hall–Kier alpha value is 0.0700. The summed E-state index contributed by atoms with van der Waals surface area (Å²) in [5.41, 5.74) is -0.0695. The number of nitrogens with zero attached hydrogens (tertiary/aromatic N) is 1. The van der Waals surface area contributed by atoms with Gasteiger partial charge in [-0.2, -0.15) is 0 Å². The largest absolute Gasteiger partial charge is 0.360 e. The molecule has 0 aromatic heterocycles. The van der Waals surface area contributed by atoms with Crippen LogP contribution in [0.5, 0.6) is 0 Å². The molecule has 0 amide bonds. The van der Waals surface area contributed by atoms with Crippen molar-refractivity contribution in [1.82, 2.24) is 4.90 Å². The minimum atomic E-state index is -0.763. The Kier molecular flexibility index (Phi) is 3.04. The van der Waals surface area contributed by atoms with Gasteiger partial charge in [-0.05, 0) is 21.0 Å². The lowest BCUT2D eigenvalue weighted by Gasteiger charge is -2.14. The zero-order chi connectivity index (χ0) is 8.43. The van der Waals surface area contributed by atoms with Crippen LogP contribution in [-0.4, -0.2) is 47.0 Å². The van der Waals surface area contributed by atoms with Gasteiger partial charge in [0.25, 0.3) is 0 Å². The van der Waals surface area contributed by atoms with Gasteiger partial charge in [-0.25, -0.2) is 0 Å². The van der Waals surface area contributed by atoms with E-state index in [0.717, 1.165) is 6.54 Å². The molecule has 0 aromatic rings. The van der Waals surface area contributed by atoms with E-state index in [0.29, 0.717) is 5.75 Å². The Morgan fingerprint density at radius 2 is 2.27 bits per heavy atom. The van der Waals surface area contributed by atoms with E-state index in [-0.39, 0.29) is 11.5 Å². The number of likely N-dealkylation sites (N-methyl/N-ethyl adjacent to an activating group) is 1. The molecule has 4 heteroatoms. The van der Waals surface area contributed by atoms with Gasteiger partial charge >= 0.3 is 0 Å². The molecule has 1 heterocycles. The second-order valence-corrected chi connectivity index (χ2v) is 4.89. The van der Waals surface area contributed by atoms with E-state index >= 15 is 0 Å². The van der Waals surface area contributed by atoms with Gasteiger partial charge < -0.3 is 9.64 Å². The van der Waals surface area contributed by atoms with Gasteiger partial charge in [0.1, 0.15) is 5.44 Å². The highest BCUT2D eigenvalue weighted by molar-refractivity contribution is 7.85. The van der Waals surface area contributed by atoms with Gasteiger partial charge in [0, 0.05) is 6.54 Å². The molecule has 3 atom stereocenters. The summed E-state index contributed by atoms with van der Waals surface area (Å²) < 4.78 is 16.6. The predicted molar refractivity (Wildman–Crippen MR) is 45.9 cm³/mol. The normalized spacial score (nSPS) is 38.4. The first kappa shape index (κ1) is 9.16. The van der Waals surface area contributed by atoms with E-state index in [2.05, 4.69) is 4.90 Å². The molecule has 66 valence electrons. The van der Waals surface area contributed by atoms with Crippen LogP contribution in [0, 0.1) is 0 Å². The fourth-order valence-corrected chi connectivity index (χ4v) is 2.30. The van der Waals surface area contributed by atoms with Gasteiger partial charge in [0.15, 0.2) is 0 Å². The highest BCUT2D eigenvalue weighted by atomic mass is 32.2. The Morgan fingerprint density at radius 1 is 1.64 bits per heavy atom. The number of rotatable bonds is 2. The Balaban J connectivity index is 2.35. The van der Waals surface area contributed by atoms with Crippen molar-refractivity contribution in [3.8, 4) is 0 Å². The van der Waals surface area contributed by atoms with Gasteiger partial charge in [-0.15, -0.1) is 0 Å². The van der Waals surface area contributed by atoms with Crippen molar-refractivity contribution < 1.29 is 8.95 Å². The van der Waals surface area contributed by atoms with Crippen LogP contribution >= 0.6 is 0 Å². The van der Waals surface area contributed by atoms with Crippen LogP contribution in [0.1, 0.15) is 6.92 Å². The van der Waals surface area contributed by atoms with E-state index in [1.165, 1.54) is 0 Å². The maximum Gasteiger partial charge on any atom is 0.130 e. The highest BCUT2D eigenvalue weighted by Gasteiger charge is 2.28. The standard InChI is InChI=1S/C7H15NO2S/c1-6-10-7(4-8(2)3)5-11(6)9/h6-7H,4-5H2,1-3H3. The first-order chi connectivity index (χ1) is 5.09. The molecule has 1 aliphatic heterocycles. The quantitative estimate of drug-likeness (QED) is 0.596. The number of hydrogen-bond donors (Lipinski definition) is 0. The molecule has 0 aromatic carbocycles. The lowest BCUT2D eigenvalue weighted by Crippen LogP contribution is -2.27. The molecule has 0 bridgehead atoms. The lowest BCUT2D eigenvalue weighted by molar-refractivity contribution is 0.0571. The summed E-state index contributed by atoms with van der Waals surface area (Å²) in [6.07, 6.45) is 0.167. The van der Waals surface area contributed by atoms with Crippen LogP contribution in [0.25, 0.3) is 0 Å². The molecule has 0 radical (unpaired) electrons. The van der Waals surface area contributed by atoms with E-state index < -0.39 is 10.8 Å². The third-order valence-corrected chi connectivity index (χ3v) is 3.23. The Labute approximate surface area is 70.2 Å². The van der Waals surface area contributed by atoms with E-state index in [1.54, 1.807) is 0 Å². The monoisotopic (exact) mass is 177 g/mol. The van der Waals surface area contributed by atoms with Crippen molar-refractivity contribution in [2.75, 3.05) is 26.4 Å². The summed E-state index contributed by atoms with van der Waals surface area (Å²) in [6, 6.07) is 0. The molecule has 11 heavy (non-hydrogen) atoms. The minimum absolute atomic E-state index is 0.0695. The topological polar surface area (TPSA) is 29.5 Å². The molecule has 3 nitrogen and oxygen atoms in total. The summed E-state index contributed by atoms with van der Waals surface area (Å²) in [5.74, 6) is 0.694. The van der Waals surface area contributed by atoms with Crippen molar-refractivity contribution in [1.29, 1.82) is 0 Å². The molecule has 1 saturated heterocycles. The maximum atomic E-state index is 11.1. The van der Waals surface area contributed by atoms with Crippen LogP contribution in [0.2, 0.25) is 0 Å². The third kappa shape index (κ3) is 2.54. The summed E-state index contributed by atoms with van der Waals surface area (Å²) in [6.45, 7) is 2.74. The molecule has 1 fully saturated rings. The average Bonchev–Trinajstić information content (AvgIpc) is 2.10. The first-order valence-electron chi connectivity index (χ1n) is 3.77. The highest BCUT2D eigenvalue weighted by Crippen LogP contribution is 2.14. The lowest BCUT2D eigenvalue weighted by atomic mass is 10.4. The summed E-state index contributed by atoms with van der Waals surface area (Å²) in [4.78, 5) is 2.06. The van der Waals surface area contributed by atoms with Crippen LogP contribution in [-0.2, 0) is 15.5 Å². The second kappa shape index (κ2) is 3.65. The number of ether oxygens (including phenoxy) is 1. The molecule has 0 saturated carbocycles. The molecular weight excluding hydrogens is 162 g/mol. The minimum Gasteiger partial charge on any atom is -0.360 e. The fraction of sp³-hybridized carbons (Fsp3) is 1.00. The SMILES string of the molecule is CC1OC(CN(C)C)CS1=O. The van der Waals surface area contributed by atoms with E-state index in [4.69, 9.17) is 4.74 Å². The molecule has 0 aliphatic carbocycles. The molecular formula is C7H15NO2S. The van der Waals surface area contributed by atoms with E-state index in [1.807, 2.05) is 21.0 Å². The average molecular weight is 177 g/mol. The molecule has 0 spiro atoms. The van der Waals surface area contributed by atoms with E-state index in [9.17, 15) is 4.21 Å². The summed E-state index contributed by atoms with van der Waals surface area (Å²) in [7, 11) is 3.23. The summed E-state index contributed by atoms with van der Waals surface area (Å²) >= 11 is 0. The molecule has 0 N–H and O–H groups in total. The van der Waals surface area contributed by atoms with Crippen molar-refractivity contribution in [2.24, 2.45) is 0 Å². The summed E-state index contributed by atoms with van der Waals surface area (Å²) in [5, 5.41) is 0. The van der Waals surface area contributed by atoms with Crippen molar-refractivity contribution >= 4 is 10.8 Å². The van der Waals surface area contributed by atoms with Crippen LogP contribution in [0.4, 0.5) is 0 Å². The van der Waals surface area contributed by atoms with Crippen molar-refractivity contribution in [2.45, 2.75) is 18.5 Å².